The van der Waals surface area contributed by atoms with E-state index in [2.05, 4.69) is 19.2 Å². The van der Waals surface area contributed by atoms with Crippen LogP contribution in [0.1, 0.15) is 31.9 Å². The number of halogens is 1. The lowest BCUT2D eigenvalue weighted by Gasteiger charge is -2.35. The molecular weight excluding hydrogens is 262 g/mol. The minimum Gasteiger partial charge on any atom is -0.490 e. The van der Waals surface area contributed by atoms with Gasteiger partial charge in [0.2, 0.25) is 0 Å². The van der Waals surface area contributed by atoms with Gasteiger partial charge in [-0.1, -0.05) is 25.4 Å². The zero-order valence-electron chi connectivity index (χ0n) is 11.8. The van der Waals surface area contributed by atoms with Gasteiger partial charge >= 0.3 is 0 Å². The molecule has 0 fully saturated rings. The van der Waals surface area contributed by atoms with E-state index in [9.17, 15) is 0 Å². The first-order valence-corrected chi connectivity index (χ1v) is 7.22. The van der Waals surface area contributed by atoms with E-state index < -0.39 is 0 Å². The van der Waals surface area contributed by atoms with Crippen LogP contribution < -0.4 is 10.1 Å². The fraction of sp³-hybridized carbons (Fsp3) is 0.600. The number of ether oxygens (including phenoxy) is 2. The molecule has 3 nitrogen and oxygen atoms in total. The molecule has 0 bridgehead atoms. The van der Waals surface area contributed by atoms with Crippen LogP contribution >= 0.6 is 11.6 Å². The molecule has 19 heavy (non-hydrogen) atoms. The van der Waals surface area contributed by atoms with Gasteiger partial charge in [0.15, 0.2) is 0 Å². The highest BCUT2D eigenvalue weighted by atomic mass is 35.5. The van der Waals surface area contributed by atoms with Crippen molar-refractivity contribution in [2.75, 3.05) is 20.3 Å². The molecule has 1 heterocycles. The van der Waals surface area contributed by atoms with Crippen molar-refractivity contribution >= 4 is 11.6 Å². The van der Waals surface area contributed by atoms with Crippen molar-refractivity contribution in [1.82, 2.24) is 5.32 Å². The second-order valence-corrected chi connectivity index (χ2v) is 5.55. The van der Waals surface area contributed by atoms with Crippen molar-refractivity contribution in [1.29, 1.82) is 0 Å². The predicted octanol–water partition coefficient (Wildman–Crippen LogP) is 3.42. The summed E-state index contributed by atoms with van der Waals surface area (Å²) in [5, 5.41) is 4.27. The number of rotatable bonds is 5. The first-order chi connectivity index (χ1) is 9.15. The molecule has 0 aliphatic carbocycles. The maximum Gasteiger partial charge on any atom is 0.124 e. The van der Waals surface area contributed by atoms with Crippen LogP contribution in [0.4, 0.5) is 0 Å². The Labute approximate surface area is 120 Å². The quantitative estimate of drug-likeness (QED) is 0.898. The van der Waals surface area contributed by atoms with E-state index in [1.807, 2.05) is 18.2 Å². The molecule has 106 valence electrons. The second-order valence-electron chi connectivity index (χ2n) is 5.12. The summed E-state index contributed by atoms with van der Waals surface area (Å²) in [4.78, 5) is 0. The summed E-state index contributed by atoms with van der Waals surface area (Å²) in [5.74, 6) is 1.31. The molecule has 1 aliphatic heterocycles. The van der Waals surface area contributed by atoms with Gasteiger partial charge in [-0.3, -0.25) is 0 Å². The number of methoxy groups -OCH3 is 1. The maximum atomic E-state index is 6.10. The van der Waals surface area contributed by atoms with Gasteiger partial charge in [-0.05, 0) is 24.7 Å². The van der Waals surface area contributed by atoms with Crippen molar-refractivity contribution < 1.29 is 9.47 Å². The highest BCUT2D eigenvalue weighted by Gasteiger charge is 2.31. The van der Waals surface area contributed by atoms with Crippen molar-refractivity contribution in [3.05, 3.63) is 28.8 Å². The van der Waals surface area contributed by atoms with Crippen molar-refractivity contribution in [2.24, 2.45) is 5.92 Å². The molecule has 0 saturated heterocycles. The normalized spacial score (nSPS) is 23.6. The Balaban J connectivity index is 2.22. The Morgan fingerprint density at radius 3 is 3.00 bits per heavy atom. The molecule has 0 amide bonds. The molecule has 1 aromatic rings. The predicted molar refractivity (Wildman–Crippen MR) is 77.9 cm³/mol. The Hall–Kier alpha value is -0.770. The molecule has 0 radical (unpaired) electrons. The lowest BCUT2D eigenvalue weighted by Crippen LogP contribution is -2.37. The molecule has 0 spiro atoms. The van der Waals surface area contributed by atoms with Crippen LogP contribution in [0, 0.1) is 5.92 Å². The van der Waals surface area contributed by atoms with Gasteiger partial charge in [0.1, 0.15) is 11.9 Å². The van der Waals surface area contributed by atoms with E-state index >= 15 is 0 Å². The third-order valence-electron chi connectivity index (χ3n) is 3.61. The minimum absolute atomic E-state index is 0.178. The van der Waals surface area contributed by atoms with Gasteiger partial charge in [0.25, 0.3) is 0 Å². The Bertz CT molecular complexity index is 425. The van der Waals surface area contributed by atoms with Gasteiger partial charge in [-0.2, -0.15) is 0 Å². The van der Waals surface area contributed by atoms with E-state index in [-0.39, 0.29) is 6.10 Å². The van der Waals surface area contributed by atoms with Crippen LogP contribution in [0.15, 0.2) is 18.2 Å². The van der Waals surface area contributed by atoms with Gasteiger partial charge in [0, 0.05) is 36.1 Å². The topological polar surface area (TPSA) is 30.5 Å². The van der Waals surface area contributed by atoms with E-state index in [4.69, 9.17) is 21.1 Å². The van der Waals surface area contributed by atoms with Crippen LogP contribution in [-0.4, -0.2) is 26.4 Å². The monoisotopic (exact) mass is 283 g/mol. The number of benzene rings is 1. The zero-order valence-corrected chi connectivity index (χ0v) is 12.5. The van der Waals surface area contributed by atoms with E-state index in [1.165, 1.54) is 0 Å². The molecule has 1 aliphatic rings. The van der Waals surface area contributed by atoms with Crippen LogP contribution in [0.2, 0.25) is 5.02 Å². The summed E-state index contributed by atoms with van der Waals surface area (Å²) in [6.45, 7) is 5.93. The standard InChI is InChI=1S/C15H22ClNO2/c1-4-17-13-8-15(10(2)9-18-3)19-14-6-5-11(16)7-12(13)14/h5-7,10,13,15,17H,4,8-9H2,1-3H3. The van der Waals surface area contributed by atoms with Crippen LogP contribution in [-0.2, 0) is 4.74 Å². The van der Waals surface area contributed by atoms with Gasteiger partial charge < -0.3 is 14.8 Å². The largest absolute Gasteiger partial charge is 0.490 e. The molecule has 3 atom stereocenters. The number of hydrogen-bond acceptors (Lipinski definition) is 3. The average molecular weight is 284 g/mol. The molecule has 1 N–H and O–H groups in total. The molecule has 3 unspecified atom stereocenters. The first kappa shape index (κ1) is 14.6. The van der Waals surface area contributed by atoms with Gasteiger partial charge in [-0.25, -0.2) is 0 Å². The molecule has 4 heteroatoms. The molecule has 0 saturated carbocycles. The third kappa shape index (κ3) is 3.41. The van der Waals surface area contributed by atoms with Crippen molar-refractivity contribution in [3.63, 3.8) is 0 Å². The Morgan fingerprint density at radius 2 is 2.32 bits per heavy atom. The smallest absolute Gasteiger partial charge is 0.124 e. The number of fused-ring (bicyclic) bond motifs is 1. The minimum atomic E-state index is 0.178. The van der Waals surface area contributed by atoms with E-state index in [1.54, 1.807) is 7.11 Å². The molecule has 2 rings (SSSR count). The number of hydrogen-bond donors (Lipinski definition) is 1. The molecule has 0 aromatic heterocycles. The summed E-state index contributed by atoms with van der Waals surface area (Å²) >= 11 is 6.09. The third-order valence-corrected chi connectivity index (χ3v) is 3.84. The highest BCUT2D eigenvalue weighted by Crippen LogP contribution is 2.38. The second kappa shape index (κ2) is 6.60. The molecule has 1 aromatic carbocycles. The van der Waals surface area contributed by atoms with Crippen molar-refractivity contribution in [3.8, 4) is 5.75 Å². The van der Waals surface area contributed by atoms with Gasteiger partial charge in [0.05, 0.1) is 6.61 Å². The summed E-state index contributed by atoms with van der Waals surface area (Å²) in [6.07, 6.45) is 1.13. The van der Waals surface area contributed by atoms with E-state index in [0.29, 0.717) is 18.6 Å². The Morgan fingerprint density at radius 1 is 1.53 bits per heavy atom. The summed E-state index contributed by atoms with van der Waals surface area (Å²) in [5.41, 5.74) is 1.16. The zero-order chi connectivity index (χ0) is 13.8. The highest BCUT2D eigenvalue weighted by molar-refractivity contribution is 6.30. The lowest BCUT2D eigenvalue weighted by atomic mass is 9.91. The Kier molecular flexibility index (Phi) is 5.08. The van der Waals surface area contributed by atoms with Gasteiger partial charge in [-0.15, -0.1) is 0 Å². The maximum absolute atomic E-state index is 6.10. The number of nitrogens with one attached hydrogen (secondary N) is 1. The van der Waals surface area contributed by atoms with Crippen LogP contribution in [0.5, 0.6) is 5.75 Å². The molecular formula is C15H22ClNO2. The van der Waals surface area contributed by atoms with Crippen LogP contribution in [0.3, 0.4) is 0 Å². The summed E-state index contributed by atoms with van der Waals surface area (Å²) in [7, 11) is 1.73. The SMILES string of the molecule is CCNC1CC(C(C)COC)Oc2ccc(Cl)cc21. The fourth-order valence-electron chi connectivity index (χ4n) is 2.63. The average Bonchev–Trinajstić information content (AvgIpc) is 2.39. The van der Waals surface area contributed by atoms with E-state index in [0.717, 1.165) is 29.3 Å². The van der Waals surface area contributed by atoms with Crippen LogP contribution in [0.25, 0.3) is 0 Å². The fourth-order valence-corrected chi connectivity index (χ4v) is 2.81. The van der Waals surface area contributed by atoms with Crippen molar-refractivity contribution in [2.45, 2.75) is 32.4 Å². The summed E-state index contributed by atoms with van der Waals surface area (Å²) in [6, 6.07) is 6.15. The first-order valence-electron chi connectivity index (χ1n) is 6.84. The lowest BCUT2D eigenvalue weighted by molar-refractivity contribution is 0.0503. The summed E-state index contributed by atoms with van der Waals surface area (Å²) < 4.78 is 11.3.